The van der Waals surface area contributed by atoms with Gasteiger partial charge in [-0.05, 0) is 43.4 Å². The van der Waals surface area contributed by atoms with Gasteiger partial charge in [-0.15, -0.1) is 0 Å². The van der Waals surface area contributed by atoms with Crippen LogP contribution in [0, 0.1) is 5.92 Å². The number of likely N-dealkylation sites (tertiary alicyclic amines) is 1. The number of hydrogen-bond acceptors (Lipinski definition) is 3. The molecular formula is C16H23NO3. The van der Waals surface area contributed by atoms with Crippen LogP contribution >= 0.6 is 0 Å². The third-order valence-electron chi connectivity index (χ3n) is 3.69. The van der Waals surface area contributed by atoms with Gasteiger partial charge in [0, 0.05) is 19.7 Å². The Morgan fingerprint density at radius 2 is 2.35 bits per heavy atom. The molecule has 0 aliphatic carbocycles. The van der Waals surface area contributed by atoms with E-state index in [0.717, 1.165) is 30.7 Å². The van der Waals surface area contributed by atoms with Crippen molar-refractivity contribution < 1.29 is 14.6 Å². The Bertz CT molecular complexity index is 447. The predicted molar refractivity (Wildman–Crippen MR) is 77.7 cm³/mol. The van der Waals surface area contributed by atoms with Gasteiger partial charge in [0.25, 0.3) is 0 Å². The minimum absolute atomic E-state index is 0.136. The molecule has 1 amide bonds. The Morgan fingerprint density at radius 3 is 3.10 bits per heavy atom. The molecule has 1 N–H and O–H groups in total. The number of piperidine rings is 1. The number of carbonyl (C=O) groups excluding carboxylic acids is 1. The number of aliphatic hydroxyl groups is 1. The minimum Gasteiger partial charge on any atom is -0.494 e. The van der Waals surface area contributed by atoms with Gasteiger partial charge in [-0.2, -0.15) is 0 Å². The molecule has 2 rings (SSSR count). The Balaban J connectivity index is 1.95. The monoisotopic (exact) mass is 277 g/mol. The molecule has 1 aromatic carbocycles. The molecule has 0 spiro atoms. The molecule has 0 bridgehead atoms. The van der Waals surface area contributed by atoms with Crippen molar-refractivity contribution in [3.63, 3.8) is 0 Å². The molecule has 1 aromatic rings. The fourth-order valence-corrected chi connectivity index (χ4v) is 2.64. The van der Waals surface area contributed by atoms with Crippen LogP contribution in [0.2, 0.25) is 0 Å². The van der Waals surface area contributed by atoms with Crippen LogP contribution in [0.1, 0.15) is 25.3 Å². The number of carbonyl (C=O) groups is 1. The molecule has 0 aromatic heterocycles. The van der Waals surface area contributed by atoms with Crippen molar-refractivity contribution in [2.75, 3.05) is 26.3 Å². The van der Waals surface area contributed by atoms with Gasteiger partial charge in [0.1, 0.15) is 5.75 Å². The molecule has 1 aliphatic heterocycles. The number of benzene rings is 1. The summed E-state index contributed by atoms with van der Waals surface area (Å²) in [6, 6.07) is 7.70. The smallest absolute Gasteiger partial charge is 0.227 e. The van der Waals surface area contributed by atoms with Crippen molar-refractivity contribution in [3.05, 3.63) is 29.8 Å². The van der Waals surface area contributed by atoms with Gasteiger partial charge in [-0.1, -0.05) is 12.1 Å². The van der Waals surface area contributed by atoms with E-state index in [0.29, 0.717) is 19.6 Å². The largest absolute Gasteiger partial charge is 0.494 e. The fourth-order valence-electron chi connectivity index (χ4n) is 2.64. The van der Waals surface area contributed by atoms with Crippen LogP contribution in [-0.2, 0) is 11.2 Å². The minimum atomic E-state index is 0.136. The molecule has 20 heavy (non-hydrogen) atoms. The summed E-state index contributed by atoms with van der Waals surface area (Å²) in [7, 11) is 0. The zero-order valence-electron chi connectivity index (χ0n) is 12.0. The first-order chi connectivity index (χ1) is 9.72. The molecular weight excluding hydrogens is 254 g/mol. The second-order valence-electron chi connectivity index (χ2n) is 5.29. The highest BCUT2D eigenvalue weighted by Gasteiger charge is 2.23. The number of hydrogen-bond donors (Lipinski definition) is 1. The average molecular weight is 277 g/mol. The molecule has 1 atom stereocenters. The highest BCUT2D eigenvalue weighted by Crippen LogP contribution is 2.18. The van der Waals surface area contributed by atoms with Crippen molar-refractivity contribution in [3.8, 4) is 5.75 Å². The predicted octanol–water partition coefficient (Wildman–Crippen LogP) is 1.86. The van der Waals surface area contributed by atoms with Crippen LogP contribution in [0.15, 0.2) is 24.3 Å². The molecule has 4 nitrogen and oxygen atoms in total. The number of nitrogens with zero attached hydrogens (tertiary/aromatic N) is 1. The van der Waals surface area contributed by atoms with E-state index in [1.807, 2.05) is 36.1 Å². The van der Waals surface area contributed by atoms with Gasteiger partial charge in [0.2, 0.25) is 5.91 Å². The Hall–Kier alpha value is -1.55. The Labute approximate surface area is 120 Å². The Morgan fingerprint density at radius 1 is 1.50 bits per heavy atom. The topological polar surface area (TPSA) is 49.8 Å². The maximum absolute atomic E-state index is 12.3. The zero-order chi connectivity index (χ0) is 14.4. The van der Waals surface area contributed by atoms with E-state index in [1.165, 1.54) is 0 Å². The molecule has 110 valence electrons. The quantitative estimate of drug-likeness (QED) is 0.893. The fraction of sp³-hybridized carbons (Fsp3) is 0.562. The maximum atomic E-state index is 12.3. The number of ether oxygens (including phenoxy) is 1. The van der Waals surface area contributed by atoms with Crippen LogP contribution in [0.4, 0.5) is 0 Å². The van der Waals surface area contributed by atoms with E-state index >= 15 is 0 Å². The molecule has 4 heteroatoms. The van der Waals surface area contributed by atoms with Gasteiger partial charge in [-0.25, -0.2) is 0 Å². The van der Waals surface area contributed by atoms with Crippen LogP contribution < -0.4 is 4.74 Å². The Kier molecular flexibility index (Phi) is 5.41. The molecule has 0 saturated carbocycles. The van der Waals surface area contributed by atoms with Crippen molar-refractivity contribution >= 4 is 5.91 Å². The molecule has 1 saturated heterocycles. The lowest BCUT2D eigenvalue weighted by atomic mass is 9.98. The van der Waals surface area contributed by atoms with E-state index in [9.17, 15) is 9.90 Å². The summed E-state index contributed by atoms with van der Waals surface area (Å²) in [5.74, 6) is 1.18. The third-order valence-corrected chi connectivity index (χ3v) is 3.69. The van der Waals surface area contributed by atoms with Crippen LogP contribution in [0.25, 0.3) is 0 Å². The molecule has 1 unspecified atom stereocenters. The van der Waals surface area contributed by atoms with E-state index in [1.54, 1.807) is 0 Å². The van der Waals surface area contributed by atoms with E-state index in [2.05, 4.69) is 0 Å². The SMILES string of the molecule is CCOc1cccc(CC(=O)N2CCCC(CO)C2)c1. The lowest BCUT2D eigenvalue weighted by Gasteiger charge is -2.32. The van der Waals surface area contributed by atoms with Crippen LogP contribution in [-0.4, -0.2) is 42.2 Å². The van der Waals surface area contributed by atoms with Crippen LogP contribution in [0.5, 0.6) is 5.75 Å². The lowest BCUT2D eigenvalue weighted by molar-refractivity contribution is -0.132. The molecule has 0 radical (unpaired) electrons. The summed E-state index contributed by atoms with van der Waals surface area (Å²) in [4.78, 5) is 14.2. The summed E-state index contributed by atoms with van der Waals surface area (Å²) >= 11 is 0. The highest BCUT2D eigenvalue weighted by atomic mass is 16.5. The summed E-state index contributed by atoms with van der Waals surface area (Å²) in [6.45, 7) is 4.23. The van der Waals surface area contributed by atoms with Crippen molar-refractivity contribution in [1.29, 1.82) is 0 Å². The molecule has 1 heterocycles. The summed E-state index contributed by atoms with van der Waals surface area (Å²) in [5.41, 5.74) is 0.979. The first-order valence-electron chi connectivity index (χ1n) is 7.33. The maximum Gasteiger partial charge on any atom is 0.227 e. The third kappa shape index (κ3) is 3.97. The van der Waals surface area contributed by atoms with Crippen molar-refractivity contribution in [2.45, 2.75) is 26.2 Å². The van der Waals surface area contributed by atoms with Gasteiger partial charge < -0.3 is 14.7 Å². The highest BCUT2D eigenvalue weighted by molar-refractivity contribution is 5.79. The summed E-state index contributed by atoms with van der Waals surface area (Å²) < 4.78 is 5.45. The first-order valence-corrected chi connectivity index (χ1v) is 7.33. The second kappa shape index (κ2) is 7.29. The standard InChI is InChI=1S/C16H23NO3/c1-2-20-15-7-3-5-13(9-15)10-16(19)17-8-4-6-14(11-17)12-18/h3,5,7,9,14,18H,2,4,6,8,10-12H2,1H3. The average Bonchev–Trinajstić information content (AvgIpc) is 2.48. The van der Waals surface area contributed by atoms with Crippen molar-refractivity contribution in [1.82, 2.24) is 4.90 Å². The summed E-state index contributed by atoms with van der Waals surface area (Å²) in [5, 5.41) is 9.22. The normalized spacial score (nSPS) is 18.9. The summed E-state index contributed by atoms with van der Waals surface area (Å²) in [6.07, 6.45) is 2.40. The lowest BCUT2D eigenvalue weighted by Crippen LogP contribution is -2.41. The first kappa shape index (κ1) is 14.9. The van der Waals surface area contributed by atoms with E-state index in [4.69, 9.17) is 4.74 Å². The van der Waals surface area contributed by atoms with Crippen molar-refractivity contribution in [2.24, 2.45) is 5.92 Å². The van der Waals surface area contributed by atoms with E-state index in [-0.39, 0.29) is 18.4 Å². The second-order valence-corrected chi connectivity index (χ2v) is 5.29. The zero-order valence-corrected chi connectivity index (χ0v) is 12.0. The van der Waals surface area contributed by atoms with Gasteiger partial charge in [0.15, 0.2) is 0 Å². The van der Waals surface area contributed by atoms with Crippen LogP contribution in [0.3, 0.4) is 0 Å². The number of aliphatic hydroxyl groups excluding tert-OH is 1. The number of amides is 1. The van der Waals surface area contributed by atoms with E-state index < -0.39 is 0 Å². The molecule has 1 fully saturated rings. The van der Waals surface area contributed by atoms with Gasteiger partial charge in [0.05, 0.1) is 13.0 Å². The number of rotatable bonds is 5. The van der Waals surface area contributed by atoms with Gasteiger partial charge >= 0.3 is 0 Å². The van der Waals surface area contributed by atoms with Gasteiger partial charge in [-0.3, -0.25) is 4.79 Å². The molecule has 1 aliphatic rings.